The highest BCUT2D eigenvalue weighted by Gasteiger charge is 2.12. The third kappa shape index (κ3) is 2.06. The van der Waals surface area contributed by atoms with Crippen LogP contribution in [-0.4, -0.2) is 24.0 Å². The first-order chi connectivity index (χ1) is 4.79. The minimum Gasteiger partial charge on any atom is -0.481 e. The highest BCUT2D eigenvalue weighted by Crippen LogP contribution is 2.05. The van der Waals surface area contributed by atoms with Gasteiger partial charge in [0.1, 0.15) is 0 Å². The van der Waals surface area contributed by atoms with Crippen LogP contribution in [0.3, 0.4) is 0 Å². The summed E-state index contributed by atoms with van der Waals surface area (Å²) in [5.41, 5.74) is 0. The van der Waals surface area contributed by atoms with Crippen molar-refractivity contribution in [3.8, 4) is 0 Å². The largest absolute Gasteiger partial charge is 0.481 e. The lowest BCUT2D eigenvalue weighted by molar-refractivity contribution is -0.141. The van der Waals surface area contributed by atoms with Gasteiger partial charge in [0.15, 0.2) is 6.79 Å². The molecular formula is C6H8O4. The molecule has 1 unspecified atom stereocenters. The Bertz CT molecular complexity index is 152. The molecular weight excluding hydrogens is 136 g/mol. The Hall–Kier alpha value is -1.03. The Morgan fingerprint density at radius 2 is 2.60 bits per heavy atom. The molecule has 4 heteroatoms. The molecule has 1 heterocycles. The van der Waals surface area contributed by atoms with Gasteiger partial charge in [0, 0.05) is 0 Å². The number of carboxylic acid groups (broad SMARTS) is 1. The zero-order valence-electron chi connectivity index (χ0n) is 5.32. The summed E-state index contributed by atoms with van der Waals surface area (Å²) in [4.78, 5) is 10.1. The van der Waals surface area contributed by atoms with Gasteiger partial charge in [0.2, 0.25) is 0 Å². The summed E-state index contributed by atoms with van der Waals surface area (Å²) in [6.07, 6.45) is 2.71. The Balaban J connectivity index is 2.33. The van der Waals surface area contributed by atoms with Crippen molar-refractivity contribution in [1.29, 1.82) is 0 Å². The van der Waals surface area contributed by atoms with Crippen LogP contribution in [0.2, 0.25) is 0 Å². The van der Waals surface area contributed by atoms with Crippen molar-refractivity contribution in [2.45, 2.75) is 12.5 Å². The van der Waals surface area contributed by atoms with E-state index < -0.39 is 5.97 Å². The minimum absolute atomic E-state index is 0.000139. The average molecular weight is 144 g/mol. The fourth-order valence-electron chi connectivity index (χ4n) is 0.664. The third-order valence-electron chi connectivity index (χ3n) is 1.12. The second-order valence-electron chi connectivity index (χ2n) is 1.92. The predicted molar refractivity (Wildman–Crippen MR) is 32.2 cm³/mol. The van der Waals surface area contributed by atoms with Gasteiger partial charge in [-0.2, -0.15) is 0 Å². The quantitative estimate of drug-likeness (QED) is 0.607. The van der Waals surface area contributed by atoms with Crippen LogP contribution in [0.5, 0.6) is 0 Å². The van der Waals surface area contributed by atoms with Crippen LogP contribution >= 0.6 is 0 Å². The van der Waals surface area contributed by atoms with E-state index in [0.29, 0.717) is 0 Å². The van der Waals surface area contributed by atoms with Gasteiger partial charge in [-0.05, 0) is 6.08 Å². The molecule has 0 spiro atoms. The maximum atomic E-state index is 10.1. The second-order valence-corrected chi connectivity index (χ2v) is 1.92. The zero-order valence-corrected chi connectivity index (χ0v) is 5.32. The Labute approximate surface area is 58.1 Å². The lowest BCUT2D eigenvalue weighted by atomic mass is 10.2. The summed E-state index contributed by atoms with van der Waals surface area (Å²) < 4.78 is 9.58. The predicted octanol–water partition coefficient (Wildman–Crippen LogP) is 0.348. The smallest absolute Gasteiger partial charge is 0.306 e. The van der Waals surface area contributed by atoms with E-state index in [-0.39, 0.29) is 19.3 Å². The zero-order chi connectivity index (χ0) is 7.40. The van der Waals surface area contributed by atoms with Crippen LogP contribution in [0, 0.1) is 0 Å². The molecule has 0 aromatic heterocycles. The van der Waals surface area contributed by atoms with E-state index in [2.05, 4.69) is 4.74 Å². The molecule has 0 bridgehead atoms. The third-order valence-corrected chi connectivity index (χ3v) is 1.12. The van der Waals surface area contributed by atoms with E-state index in [1.165, 1.54) is 6.26 Å². The molecule has 56 valence electrons. The standard InChI is InChI=1S/C6H8O4/c7-6(8)3-5-1-2-9-4-10-5/h1-2,5H,3-4H2,(H,7,8). The maximum absolute atomic E-state index is 10.1. The van der Waals surface area contributed by atoms with Crippen LogP contribution < -0.4 is 0 Å². The lowest BCUT2D eigenvalue weighted by Crippen LogP contribution is -2.19. The number of ether oxygens (including phenoxy) is 2. The molecule has 0 radical (unpaired) electrons. The highest BCUT2D eigenvalue weighted by atomic mass is 16.7. The molecule has 1 atom stereocenters. The first-order valence-corrected chi connectivity index (χ1v) is 2.90. The van der Waals surface area contributed by atoms with E-state index >= 15 is 0 Å². The van der Waals surface area contributed by atoms with Crippen LogP contribution in [0.15, 0.2) is 12.3 Å². The van der Waals surface area contributed by atoms with E-state index in [1.54, 1.807) is 6.08 Å². The first kappa shape index (κ1) is 7.08. The number of carboxylic acids is 1. The number of carbonyl (C=O) groups is 1. The van der Waals surface area contributed by atoms with E-state index in [4.69, 9.17) is 9.84 Å². The van der Waals surface area contributed by atoms with E-state index in [9.17, 15) is 4.79 Å². The Kier molecular flexibility index (Phi) is 2.28. The summed E-state index contributed by atoms with van der Waals surface area (Å²) in [6, 6.07) is 0. The molecule has 0 aromatic carbocycles. The monoisotopic (exact) mass is 144 g/mol. The molecule has 1 N–H and O–H groups in total. The van der Waals surface area contributed by atoms with Gasteiger partial charge in [-0.25, -0.2) is 0 Å². The van der Waals surface area contributed by atoms with Crippen LogP contribution in [0.1, 0.15) is 6.42 Å². The van der Waals surface area contributed by atoms with Crippen LogP contribution in [0.25, 0.3) is 0 Å². The normalized spacial score (nSPS) is 23.8. The van der Waals surface area contributed by atoms with Crippen molar-refractivity contribution < 1.29 is 19.4 Å². The van der Waals surface area contributed by atoms with E-state index in [1.807, 2.05) is 0 Å². The molecule has 0 saturated carbocycles. The summed E-state index contributed by atoms with van der Waals surface area (Å²) in [5.74, 6) is -0.864. The average Bonchev–Trinajstić information content (AvgIpc) is 1.88. The SMILES string of the molecule is O=C(O)CC1C=COCO1. The van der Waals surface area contributed by atoms with Crippen molar-refractivity contribution in [1.82, 2.24) is 0 Å². The lowest BCUT2D eigenvalue weighted by Gasteiger charge is -2.15. The molecule has 1 aliphatic heterocycles. The number of hydrogen-bond acceptors (Lipinski definition) is 3. The van der Waals surface area contributed by atoms with Gasteiger partial charge in [0.05, 0.1) is 18.8 Å². The number of hydrogen-bond donors (Lipinski definition) is 1. The Morgan fingerprint density at radius 3 is 3.10 bits per heavy atom. The number of aliphatic carboxylic acids is 1. The molecule has 0 aromatic rings. The van der Waals surface area contributed by atoms with Gasteiger partial charge < -0.3 is 14.6 Å². The Morgan fingerprint density at radius 1 is 1.80 bits per heavy atom. The summed E-state index contributed by atoms with van der Waals surface area (Å²) >= 11 is 0. The van der Waals surface area contributed by atoms with Crippen molar-refractivity contribution in [3.63, 3.8) is 0 Å². The van der Waals surface area contributed by atoms with Crippen molar-refractivity contribution in [2.75, 3.05) is 6.79 Å². The van der Waals surface area contributed by atoms with Crippen LogP contribution in [0.4, 0.5) is 0 Å². The summed E-state index contributed by atoms with van der Waals surface area (Å²) in [7, 11) is 0. The van der Waals surface area contributed by atoms with Gasteiger partial charge in [-0.1, -0.05) is 0 Å². The van der Waals surface area contributed by atoms with Crippen molar-refractivity contribution in [2.24, 2.45) is 0 Å². The van der Waals surface area contributed by atoms with Crippen LogP contribution in [-0.2, 0) is 14.3 Å². The highest BCUT2D eigenvalue weighted by molar-refractivity contribution is 5.67. The second kappa shape index (κ2) is 3.22. The molecule has 4 nitrogen and oxygen atoms in total. The van der Waals surface area contributed by atoms with E-state index in [0.717, 1.165) is 0 Å². The van der Waals surface area contributed by atoms with Gasteiger partial charge in [0.25, 0.3) is 0 Å². The molecule has 1 aliphatic rings. The summed E-state index contributed by atoms with van der Waals surface area (Å²) in [5, 5.41) is 8.31. The minimum atomic E-state index is -0.864. The first-order valence-electron chi connectivity index (χ1n) is 2.90. The molecule has 0 fully saturated rings. The van der Waals surface area contributed by atoms with Gasteiger partial charge in [-0.15, -0.1) is 0 Å². The van der Waals surface area contributed by atoms with Crippen molar-refractivity contribution >= 4 is 5.97 Å². The molecule has 0 saturated heterocycles. The molecule has 1 rings (SSSR count). The topological polar surface area (TPSA) is 55.8 Å². The van der Waals surface area contributed by atoms with Crippen molar-refractivity contribution in [3.05, 3.63) is 12.3 Å². The molecule has 0 aliphatic carbocycles. The summed E-state index contributed by atoms with van der Waals surface area (Å²) in [6.45, 7) is 0.147. The van der Waals surface area contributed by atoms with Gasteiger partial charge in [-0.3, -0.25) is 4.79 Å². The maximum Gasteiger partial charge on any atom is 0.306 e. The fraction of sp³-hybridized carbons (Fsp3) is 0.500. The fourth-order valence-corrected chi connectivity index (χ4v) is 0.664. The molecule has 10 heavy (non-hydrogen) atoms. The number of rotatable bonds is 2. The van der Waals surface area contributed by atoms with Gasteiger partial charge >= 0.3 is 5.97 Å². The molecule has 0 amide bonds.